The van der Waals surface area contributed by atoms with Crippen molar-refractivity contribution in [3.63, 3.8) is 0 Å². The molecule has 0 saturated heterocycles. The SMILES string of the molecule is COc1ccc([O][Zn][CH](C)C(=O)O)cc1. The molecule has 0 saturated carbocycles. The summed E-state index contributed by atoms with van der Waals surface area (Å²) < 4.78 is 10.2. The maximum absolute atomic E-state index is 10.6. The van der Waals surface area contributed by atoms with Crippen molar-refractivity contribution in [2.75, 3.05) is 7.11 Å². The first-order chi connectivity index (χ1) is 7.13. The molecule has 1 unspecified atom stereocenters. The third-order valence-corrected chi connectivity index (χ3v) is 4.81. The molecule has 0 aromatic heterocycles. The van der Waals surface area contributed by atoms with Crippen LogP contribution in [0.15, 0.2) is 24.3 Å². The van der Waals surface area contributed by atoms with Crippen molar-refractivity contribution in [2.45, 2.75) is 11.4 Å². The number of aliphatic carboxylic acids is 1. The zero-order valence-corrected chi connectivity index (χ0v) is 11.7. The fourth-order valence-electron chi connectivity index (χ4n) is 0.964. The van der Waals surface area contributed by atoms with Crippen molar-refractivity contribution < 1.29 is 35.7 Å². The number of carboxylic acids is 1. The molecular formula is C10H12O4Zn. The summed E-state index contributed by atoms with van der Waals surface area (Å²) in [5, 5.41) is 8.69. The van der Waals surface area contributed by atoms with E-state index in [4.69, 9.17) is 13.4 Å². The molecule has 0 amide bonds. The Labute approximate surface area is 96.2 Å². The van der Waals surface area contributed by atoms with E-state index in [1.165, 1.54) is 0 Å². The number of carboxylic acid groups (broad SMARTS) is 1. The Morgan fingerprint density at radius 2 is 1.87 bits per heavy atom. The van der Waals surface area contributed by atoms with Gasteiger partial charge in [0.2, 0.25) is 0 Å². The summed E-state index contributed by atoms with van der Waals surface area (Å²) >= 11 is -1.50. The zero-order valence-electron chi connectivity index (χ0n) is 8.77. The van der Waals surface area contributed by atoms with Crippen LogP contribution in [0.2, 0.25) is 4.51 Å². The van der Waals surface area contributed by atoms with Gasteiger partial charge in [-0.05, 0) is 0 Å². The van der Waals surface area contributed by atoms with Crippen LogP contribution in [0.3, 0.4) is 0 Å². The van der Waals surface area contributed by atoms with Crippen LogP contribution in [-0.4, -0.2) is 18.2 Å². The van der Waals surface area contributed by atoms with Crippen LogP contribution in [-0.2, 0) is 22.3 Å². The van der Waals surface area contributed by atoms with Gasteiger partial charge in [-0.3, -0.25) is 0 Å². The van der Waals surface area contributed by atoms with Crippen LogP contribution < -0.4 is 8.30 Å². The van der Waals surface area contributed by atoms with Crippen LogP contribution >= 0.6 is 0 Å². The molecule has 1 aromatic rings. The molecule has 1 atom stereocenters. The van der Waals surface area contributed by atoms with Gasteiger partial charge in [0.1, 0.15) is 0 Å². The minimum atomic E-state index is -1.50. The Balaban J connectivity index is 2.47. The van der Waals surface area contributed by atoms with Crippen molar-refractivity contribution >= 4 is 5.97 Å². The van der Waals surface area contributed by atoms with Gasteiger partial charge < -0.3 is 0 Å². The van der Waals surface area contributed by atoms with Gasteiger partial charge in [0, 0.05) is 0 Å². The molecule has 0 bridgehead atoms. The van der Waals surface area contributed by atoms with Gasteiger partial charge in [-0.2, -0.15) is 0 Å². The molecule has 1 aromatic carbocycles. The topological polar surface area (TPSA) is 55.8 Å². The predicted molar refractivity (Wildman–Crippen MR) is 50.7 cm³/mol. The number of ether oxygens (including phenoxy) is 1. The molecule has 0 aliphatic heterocycles. The van der Waals surface area contributed by atoms with E-state index in [0.29, 0.717) is 0 Å². The molecule has 1 rings (SSSR count). The summed E-state index contributed by atoms with van der Waals surface area (Å²) in [6, 6.07) is 7.17. The number of rotatable bonds is 5. The summed E-state index contributed by atoms with van der Waals surface area (Å²) in [5.41, 5.74) is 0. The van der Waals surface area contributed by atoms with Gasteiger partial charge in [0.25, 0.3) is 0 Å². The number of methoxy groups -OCH3 is 1. The van der Waals surface area contributed by atoms with E-state index in [2.05, 4.69) is 0 Å². The van der Waals surface area contributed by atoms with Crippen molar-refractivity contribution in [2.24, 2.45) is 0 Å². The van der Waals surface area contributed by atoms with Gasteiger partial charge >= 0.3 is 96.0 Å². The Morgan fingerprint density at radius 1 is 1.33 bits per heavy atom. The standard InChI is InChI=1S/C7H8O2.C3H5O2.Zn/c1-9-7-4-2-6(8)3-5-7;1-2-3(4)5;/h2-5,8H,1H3;2H,1H3,(H,4,5);/q;;+1/p-1. The first-order valence-corrected chi connectivity index (χ1v) is 7.55. The normalized spacial score (nSPS) is 11.3. The average molecular weight is 262 g/mol. The molecule has 4 nitrogen and oxygen atoms in total. The van der Waals surface area contributed by atoms with Crippen molar-refractivity contribution in [1.82, 2.24) is 0 Å². The van der Waals surface area contributed by atoms with Gasteiger partial charge in [-0.1, -0.05) is 0 Å². The summed E-state index contributed by atoms with van der Waals surface area (Å²) in [6.45, 7) is 1.69. The zero-order chi connectivity index (χ0) is 11.3. The molecule has 0 fully saturated rings. The van der Waals surface area contributed by atoms with E-state index in [1.54, 1.807) is 38.3 Å². The van der Waals surface area contributed by atoms with Crippen LogP contribution in [0.1, 0.15) is 6.92 Å². The number of hydrogen-bond donors (Lipinski definition) is 1. The van der Waals surface area contributed by atoms with E-state index >= 15 is 0 Å². The third kappa shape index (κ3) is 3.88. The van der Waals surface area contributed by atoms with Gasteiger partial charge in [-0.15, -0.1) is 0 Å². The summed E-state index contributed by atoms with van der Waals surface area (Å²) in [7, 11) is 1.60. The number of benzene rings is 1. The molecule has 0 spiro atoms. The van der Waals surface area contributed by atoms with Crippen molar-refractivity contribution in [3.8, 4) is 11.5 Å². The maximum atomic E-state index is 10.6. The molecule has 15 heavy (non-hydrogen) atoms. The van der Waals surface area contributed by atoms with E-state index in [-0.39, 0.29) is 4.51 Å². The molecule has 0 aliphatic carbocycles. The molecule has 5 heteroatoms. The van der Waals surface area contributed by atoms with E-state index in [0.717, 1.165) is 11.5 Å². The number of carbonyl (C=O) groups is 1. The predicted octanol–water partition coefficient (Wildman–Crippen LogP) is 1.96. The van der Waals surface area contributed by atoms with Crippen molar-refractivity contribution in [1.29, 1.82) is 0 Å². The summed E-state index contributed by atoms with van der Waals surface area (Å²) in [6.07, 6.45) is 0. The second-order valence-electron chi connectivity index (χ2n) is 3.23. The fraction of sp³-hybridized carbons (Fsp3) is 0.300. The molecule has 0 heterocycles. The Hall–Kier alpha value is -1.09. The number of hydrogen-bond acceptors (Lipinski definition) is 3. The molecule has 0 aliphatic rings. The van der Waals surface area contributed by atoms with Gasteiger partial charge in [0.05, 0.1) is 0 Å². The second-order valence-corrected chi connectivity index (χ2v) is 7.10. The Kier molecular flexibility index (Phi) is 4.56. The monoisotopic (exact) mass is 260 g/mol. The summed E-state index contributed by atoms with van der Waals surface area (Å²) in [5.74, 6) is 0.716. The fourth-order valence-corrected chi connectivity index (χ4v) is 2.60. The van der Waals surface area contributed by atoms with Crippen molar-refractivity contribution in [3.05, 3.63) is 24.3 Å². The Morgan fingerprint density at radius 3 is 2.33 bits per heavy atom. The second kappa shape index (κ2) is 5.71. The van der Waals surface area contributed by atoms with Crippen LogP contribution in [0.5, 0.6) is 11.5 Å². The Bertz CT molecular complexity index is 323. The van der Waals surface area contributed by atoms with Gasteiger partial charge in [-0.25, -0.2) is 0 Å². The van der Waals surface area contributed by atoms with Crippen LogP contribution in [0.4, 0.5) is 0 Å². The molecular weight excluding hydrogens is 249 g/mol. The van der Waals surface area contributed by atoms with Crippen LogP contribution in [0.25, 0.3) is 0 Å². The quantitative estimate of drug-likeness (QED) is 0.824. The first kappa shape index (κ1) is 12.0. The molecule has 78 valence electrons. The van der Waals surface area contributed by atoms with E-state index in [1.807, 2.05) is 0 Å². The van der Waals surface area contributed by atoms with E-state index < -0.39 is 23.5 Å². The summed E-state index contributed by atoms with van der Waals surface area (Å²) in [4.78, 5) is 10.6. The minimum absolute atomic E-state index is 0.320. The molecule has 0 radical (unpaired) electrons. The average Bonchev–Trinajstić information content (AvgIpc) is 2.26. The first-order valence-electron chi connectivity index (χ1n) is 4.63. The molecule has 1 N–H and O–H groups in total. The van der Waals surface area contributed by atoms with E-state index in [9.17, 15) is 4.79 Å². The van der Waals surface area contributed by atoms with Gasteiger partial charge in [0.15, 0.2) is 0 Å². The third-order valence-electron chi connectivity index (χ3n) is 1.98. The van der Waals surface area contributed by atoms with Crippen LogP contribution in [0, 0.1) is 0 Å².